The predicted molar refractivity (Wildman–Crippen MR) is 100 cm³/mol. The molecule has 0 saturated carbocycles. The van der Waals surface area contributed by atoms with Gasteiger partial charge >= 0.3 is 0 Å². The van der Waals surface area contributed by atoms with Gasteiger partial charge in [-0.2, -0.15) is 0 Å². The number of rotatable bonds is 6. The zero-order valence-corrected chi connectivity index (χ0v) is 15.4. The molecule has 0 spiro atoms. The number of benzene rings is 1. The number of pyridine rings is 1. The molecule has 27 heavy (non-hydrogen) atoms. The molecule has 3 aromatic heterocycles. The summed E-state index contributed by atoms with van der Waals surface area (Å²) in [5.74, 6) is 1.47. The van der Waals surface area contributed by atoms with Crippen LogP contribution in [0.3, 0.4) is 0 Å². The summed E-state index contributed by atoms with van der Waals surface area (Å²) in [6.07, 6.45) is 2.18. The summed E-state index contributed by atoms with van der Waals surface area (Å²) in [7, 11) is 0. The van der Waals surface area contributed by atoms with Crippen molar-refractivity contribution in [1.82, 2.24) is 20.2 Å². The molecule has 1 atom stereocenters. The lowest BCUT2D eigenvalue weighted by molar-refractivity contribution is 0.203. The minimum absolute atomic E-state index is 0.291. The first kappa shape index (κ1) is 17.1. The van der Waals surface area contributed by atoms with Crippen LogP contribution in [0.15, 0.2) is 58.0 Å². The van der Waals surface area contributed by atoms with Gasteiger partial charge in [0.15, 0.2) is 5.75 Å². The molecule has 0 fully saturated rings. The number of thiazole rings is 1. The van der Waals surface area contributed by atoms with Crippen LogP contribution in [0.2, 0.25) is 0 Å². The van der Waals surface area contributed by atoms with E-state index in [4.69, 9.17) is 14.0 Å². The van der Waals surface area contributed by atoms with E-state index in [0.29, 0.717) is 23.1 Å². The van der Waals surface area contributed by atoms with Gasteiger partial charge in [0, 0.05) is 18.3 Å². The summed E-state index contributed by atoms with van der Waals surface area (Å²) in [4.78, 5) is 14.0. The van der Waals surface area contributed by atoms with Crippen LogP contribution in [-0.2, 0) is 0 Å². The van der Waals surface area contributed by atoms with Gasteiger partial charge < -0.3 is 14.0 Å². The minimum Gasteiger partial charge on any atom is -0.474 e. The van der Waals surface area contributed by atoms with Crippen LogP contribution in [-0.4, -0.2) is 25.9 Å². The van der Waals surface area contributed by atoms with Gasteiger partial charge in [-0.25, -0.2) is 4.98 Å². The fourth-order valence-corrected chi connectivity index (χ4v) is 3.06. The van der Waals surface area contributed by atoms with Crippen LogP contribution < -0.4 is 9.57 Å². The van der Waals surface area contributed by atoms with Gasteiger partial charge in [0.05, 0.1) is 27.1 Å². The van der Waals surface area contributed by atoms with Gasteiger partial charge in [-0.1, -0.05) is 5.16 Å². The second-order valence-corrected chi connectivity index (χ2v) is 6.69. The summed E-state index contributed by atoms with van der Waals surface area (Å²) in [5.41, 5.74) is 4.08. The fourth-order valence-electron chi connectivity index (χ4n) is 2.35. The van der Waals surface area contributed by atoms with Crippen LogP contribution in [0.5, 0.6) is 11.5 Å². The molecule has 1 unspecified atom stereocenters. The molecule has 4 aromatic rings. The molecule has 4 rings (SSSR count). The first-order valence-corrected chi connectivity index (χ1v) is 8.97. The molecule has 0 radical (unpaired) electrons. The summed E-state index contributed by atoms with van der Waals surface area (Å²) in [6.45, 7) is 3.70. The first-order valence-electron chi connectivity index (χ1n) is 8.09. The van der Waals surface area contributed by atoms with Gasteiger partial charge in [0.25, 0.3) is 5.89 Å². The Morgan fingerprint density at radius 2 is 2.07 bits per heavy atom. The maximum atomic E-state index is 6.13. The lowest BCUT2D eigenvalue weighted by Crippen LogP contribution is -2.12. The summed E-state index contributed by atoms with van der Waals surface area (Å²) in [5, 5.41) is 11.7. The van der Waals surface area contributed by atoms with Gasteiger partial charge in [-0.3, -0.25) is 4.98 Å². The highest BCUT2D eigenvalue weighted by atomic mass is 32.1. The fraction of sp³-hybridized carbons (Fsp3) is 0.167. The number of ether oxygens (including phenoxy) is 1. The normalized spacial score (nSPS) is 11.9. The number of nitrogens with zero attached hydrogens (tertiary/aromatic N) is 5. The van der Waals surface area contributed by atoms with Gasteiger partial charge in [0.2, 0.25) is 12.5 Å². The van der Waals surface area contributed by atoms with Crippen molar-refractivity contribution in [3.05, 3.63) is 60.0 Å². The molecule has 9 heteroatoms. The Morgan fingerprint density at radius 1 is 1.15 bits per heavy atom. The van der Waals surface area contributed by atoms with Gasteiger partial charge in [0.1, 0.15) is 5.75 Å². The average molecular weight is 381 g/mol. The molecule has 0 saturated heterocycles. The molecular weight excluding hydrogens is 366 g/mol. The molecular formula is C18H15N5O3S. The monoisotopic (exact) mass is 381 g/mol. The Labute approximate surface area is 158 Å². The first-order chi connectivity index (χ1) is 13.2. The van der Waals surface area contributed by atoms with Crippen molar-refractivity contribution in [2.45, 2.75) is 20.0 Å². The van der Waals surface area contributed by atoms with Crippen LogP contribution >= 0.6 is 11.3 Å². The largest absolute Gasteiger partial charge is 0.474 e. The van der Waals surface area contributed by atoms with Crippen LogP contribution in [0.4, 0.5) is 0 Å². The third kappa shape index (κ3) is 3.93. The van der Waals surface area contributed by atoms with E-state index in [9.17, 15) is 0 Å². The third-order valence-corrected chi connectivity index (χ3v) is 4.30. The molecule has 0 aliphatic heterocycles. The smallest absolute Gasteiger partial charge is 0.263 e. The molecule has 0 bridgehead atoms. The lowest BCUT2D eigenvalue weighted by Gasteiger charge is -2.15. The van der Waals surface area contributed by atoms with Crippen LogP contribution in [0, 0.1) is 0 Å². The van der Waals surface area contributed by atoms with Crippen molar-refractivity contribution >= 4 is 27.3 Å². The number of hydrogen-bond acceptors (Lipinski definition) is 9. The molecule has 0 aliphatic rings. The van der Waals surface area contributed by atoms with E-state index in [1.807, 2.05) is 32.0 Å². The SMILES string of the molecule is CC(C)=NOc1ccnc(C(Oc2ccc3ncsc3c2)c2nnco2)c1. The summed E-state index contributed by atoms with van der Waals surface area (Å²) < 4.78 is 12.5. The van der Waals surface area contributed by atoms with Crippen molar-refractivity contribution in [3.63, 3.8) is 0 Å². The summed E-state index contributed by atoms with van der Waals surface area (Å²) >= 11 is 1.54. The maximum absolute atomic E-state index is 6.13. The van der Waals surface area contributed by atoms with Crippen molar-refractivity contribution in [2.24, 2.45) is 5.16 Å². The van der Waals surface area contributed by atoms with Gasteiger partial charge in [-0.15, -0.1) is 21.5 Å². The van der Waals surface area contributed by atoms with E-state index in [2.05, 4.69) is 25.3 Å². The number of hydrogen-bond donors (Lipinski definition) is 0. The lowest BCUT2D eigenvalue weighted by atomic mass is 10.2. The Bertz CT molecular complexity index is 1070. The standard InChI is InChI=1S/C18H15N5O3S/c1-11(2)23-26-13-5-6-19-15(7-13)17(18-22-21-9-24-18)25-12-3-4-14-16(8-12)27-10-20-14/h3-10,17H,1-2H3. The van der Waals surface area contributed by atoms with Crippen molar-refractivity contribution in [1.29, 1.82) is 0 Å². The Hall–Kier alpha value is -3.33. The van der Waals surface area contributed by atoms with E-state index in [1.54, 1.807) is 35.2 Å². The Balaban J connectivity index is 1.67. The average Bonchev–Trinajstić information content (AvgIpc) is 3.36. The molecule has 136 valence electrons. The van der Waals surface area contributed by atoms with E-state index in [0.717, 1.165) is 15.9 Å². The Morgan fingerprint density at radius 3 is 2.89 bits per heavy atom. The zero-order valence-electron chi connectivity index (χ0n) is 14.6. The quantitative estimate of drug-likeness (QED) is 0.368. The minimum atomic E-state index is -0.687. The predicted octanol–water partition coefficient (Wildman–Crippen LogP) is 4.02. The zero-order chi connectivity index (χ0) is 18.6. The van der Waals surface area contributed by atoms with Crippen molar-refractivity contribution in [2.75, 3.05) is 0 Å². The second-order valence-electron chi connectivity index (χ2n) is 5.80. The van der Waals surface area contributed by atoms with Crippen LogP contribution in [0.1, 0.15) is 31.5 Å². The van der Waals surface area contributed by atoms with Crippen molar-refractivity contribution < 1.29 is 14.0 Å². The topological polar surface area (TPSA) is 95.5 Å². The highest BCUT2D eigenvalue weighted by molar-refractivity contribution is 7.16. The second kappa shape index (κ2) is 7.50. The molecule has 8 nitrogen and oxygen atoms in total. The number of oxime groups is 1. The van der Waals surface area contributed by atoms with Crippen LogP contribution in [0.25, 0.3) is 10.2 Å². The molecule has 1 aromatic carbocycles. The number of aromatic nitrogens is 4. The van der Waals surface area contributed by atoms with E-state index < -0.39 is 6.10 Å². The van der Waals surface area contributed by atoms with Gasteiger partial charge in [-0.05, 0) is 32.0 Å². The molecule has 0 amide bonds. The highest BCUT2D eigenvalue weighted by Gasteiger charge is 2.24. The molecule has 0 aliphatic carbocycles. The van der Waals surface area contributed by atoms with E-state index >= 15 is 0 Å². The summed E-state index contributed by atoms with van der Waals surface area (Å²) in [6, 6.07) is 9.10. The van der Waals surface area contributed by atoms with E-state index in [-0.39, 0.29) is 0 Å². The third-order valence-electron chi connectivity index (χ3n) is 3.51. The van der Waals surface area contributed by atoms with Crippen molar-refractivity contribution in [3.8, 4) is 11.5 Å². The maximum Gasteiger partial charge on any atom is 0.263 e. The highest BCUT2D eigenvalue weighted by Crippen LogP contribution is 2.30. The number of fused-ring (bicyclic) bond motifs is 1. The van der Waals surface area contributed by atoms with E-state index in [1.165, 1.54) is 6.39 Å². The molecule has 0 N–H and O–H groups in total. The molecule has 3 heterocycles. The Kier molecular flexibility index (Phi) is 4.75.